The SMILES string of the molecule is COc1cccc2[nH]c(CCCN(C)CC[C@@]3(OC(=O)C(C)C)C[C@@H]4CC[C@H]3C=C4c3ccccc3)nc12. The van der Waals surface area contributed by atoms with Gasteiger partial charge in [0.1, 0.15) is 22.7 Å². The third-order valence-corrected chi connectivity index (χ3v) is 8.41. The Morgan fingerprint density at radius 3 is 2.66 bits per heavy atom. The van der Waals surface area contributed by atoms with Gasteiger partial charge in [0.15, 0.2) is 0 Å². The highest BCUT2D eigenvalue weighted by Crippen LogP contribution is 2.53. The lowest BCUT2D eigenvalue weighted by Gasteiger charge is -2.50. The van der Waals surface area contributed by atoms with Crippen LogP contribution in [0.3, 0.4) is 0 Å². The van der Waals surface area contributed by atoms with Gasteiger partial charge in [-0.25, -0.2) is 4.98 Å². The number of hydrogen-bond acceptors (Lipinski definition) is 5. The van der Waals surface area contributed by atoms with Gasteiger partial charge in [0, 0.05) is 25.3 Å². The van der Waals surface area contributed by atoms with E-state index >= 15 is 0 Å². The van der Waals surface area contributed by atoms with Crippen LogP contribution in [0.2, 0.25) is 0 Å². The minimum absolute atomic E-state index is 0.0739. The molecule has 1 fully saturated rings. The minimum atomic E-state index is -0.411. The quantitative estimate of drug-likeness (QED) is 0.305. The van der Waals surface area contributed by atoms with E-state index in [1.54, 1.807) is 7.11 Å². The van der Waals surface area contributed by atoms with Crippen LogP contribution in [-0.2, 0) is 16.0 Å². The lowest BCUT2D eigenvalue weighted by Crippen LogP contribution is -2.51. The molecule has 1 saturated carbocycles. The molecule has 1 aromatic heterocycles. The van der Waals surface area contributed by atoms with Crippen LogP contribution in [0.25, 0.3) is 16.6 Å². The largest absolute Gasteiger partial charge is 0.494 e. The molecule has 3 atom stereocenters. The maximum atomic E-state index is 12.9. The maximum absolute atomic E-state index is 12.9. The third kappa shape index (κ3) is 5.51. The highest BCUT2D eigenvalue weighted by molar-refractivity contribution is 5.81. The van der Waals surface area contributed by atoms with Gasteiger partial charge in [-0.2, -0.15) is 0 Å². The predicted octanol–water partition coefficient (Wildman–Crippen LogP) is 6.28. The second-order valence-electron chi connectivity index (χ2n) is 11.4. The Kier molecular flexibility index (Phi) is 7.89. The molecule has 1 heterocycles. The second kappa shape index (κ2) is 11.3. The number of ether oxygens (including phenoxy) is 2. The van der Waals surface area contributed by atoms with Crippen molar-refractivity contribution in [1.82, 2.24) is 14.9 Å². The number of methoxy groups -OCH3 is 1. The lowest BCUT2D eigenvalue weighted by atomic mass is 9.60. The molecule has 0 unspecified atom stereocenters. The second-order valence-corrected chi connectivity index (χ2v) is 11.4. The molecule has 2 bridgehead atoms. The highest BCUT2D eigenvalue weighted by atomic mass is 16.6. The van der Waals surface area contributed by atoms with Crippen LogP contribution in [0.15, 0.2) is 54.6 Å². The molecule has 0 aliphatic heterocycles. The Morgan fingerprint density at radius 2 is 1.95 bits per heavy atom. The van der Waals surface area contributed by atoms with Gasteiger partial charge in [-0.3, -0.25) is 4.79 Å². The number of carbonyl (C=O) groups is 1. The predicted molar refractivity (Wildman–Crippen MR) is 152 cm³/mol. The number of benzene rings is 2. The molecule has 2 aromatic carbocycles. The highest BCUT2D eigenvalue weighted by Gasteiger charge is 2.50. The fourth-order valence-corrected chi connectivity index (χ4v) is 6.25. The summed E-state index contributed by atoms with van der Waals surface area (Å²) in [4.78, 5) is 23.4. The summed E-state index contributed by atoms with van der Waals surface area (Å²) in [6, 6.07) is 16.7. The number of aryl methyl sites for hydroxylation is 1. The van der Waals surface area contributed by atoms with E-state index in [1.807, 2.05) is 32.0 Å². The molecule has 3 aliphatic rings. The van der Waals surface area contributed by atoms with Crippen LogP contribution in [0.4, 0.5) is 0 Å². The summed E-state index contributed by atoms with van der Waals surface area (Å²) in [6.07, 6.45) is 8.35. The molecule has 202 valence electrons. The van der Waals surface area contributed by atoms with Gasteiger partial charge in [0.05, 0.1) is 18.5 Å². The average Bonchev–Trinajstić information content (AvgIpc) is 3.36. The van der Waals surface area contributed by atoms with Gasteiger partial charge >= 0.3 is 5.97 Å². The number of carbonyl (C=O) groups excluding carboxylic acids is 1. The first-order chi connectivity index (χ1) is 18.4. The fourth-order valence-electron chi connectivity index (χ4n) is 6.25. The first-order valence-electron chi connectivity index (χ1n) is 14.1. The third-order valence-electron chi connectivity index (χ3n) is 8.41. The van der Waals surface area contributed by atoms with Crippen molar-refractivity contribution in [1.29, 1.82) is 0 Å². The topological polar surface area (TPSA) is 67.4 Å². The Labute approximate surface area is 226 Å². The first kappa shape index (κ1) is 26.5. The summed E-state index contributed by atoms with van der Waals surface area (Å²) in [7, 11) is 3.85. The van der Waals surface area contributed by atoms with Gasteiger partial charge in [0.25, 0.3) is 0 Å². The van der Waals surface area contributed by atoms with Crippen molar-refractivity contribution in [3.8, 4) is 5.75 Å². The zero-order chi connectivity index (χ0) is 26.7. The van der Waals surface area contributed by atoms with Gasteiger partial charge in [-0.05, 0) is 68.5 Å². The van der Waals surface area contributed by atoms with Crippen molar-refractivity contribution < 1.29 is 14.3 Å². The molecule has 3 aromatic rings. The van der Waals surface area contributed by atoms with Crippen molar-refractivity contribution in [3.05, 3.63) is 66.0 Å². The molecular formula is C32H41N3O3. The number of rotatable bonds is 11. The lowest BCUT2D eigenvalue weighted by molar-refractivity contribution is -0.176. The monoisotopic (exact) mass is 515 g/mol. The van der Waals surface area contributed by atoms with Crippen LogP contribution >= 0.6 is 0 Å². The number of hydrogen-bond donors (Lipinski definition) is 1. The number of para-hydroxylation sites is 1. The summed E-state index contributed by atoms with van der Waals surface area (Å²) < 4.78 is 11.8. The van der Waals surface area contributed by atoms with E-state index in [-0.39, 0.29) is 17.8 Å². The standard InChI is InChI=1S/C32H41N3O3/c1-22(2)31(36)38-32(21-24-15-16-25(32)20-26(24)23-10-6-5-7-11-23)17-19-35(3)18-9-14-29-33-27-12-8-13-28(37-4)30(27)34-29/h5-8,10-13,20,22,24-25H,9,14-19,21H2,1-4H3,(H,33,34)/t24-,25-,32+/m0/s1. The number of aromatic nitrogens is 2. The summed E-state index contributed by atoms with van der Waals surface area (Å²) in [5, 5.41) is 0. The Balaban J connectivity index is 1.23. The summed E-state index contributed by atoms with van der Waals surface area (Å²) in [6.45, 7) is 5.73. The molecule has 3 aliphatic carbocycles. The summed E-state index contributed by atoms with van der Waals surface area (Å²) in [5.41, 5.74) is 4.24. The summed E-state index contributed by atoms with van der Waals surface area (Å²) in [5.74, 6) is 2.31. The molecule has 6 rings (SSSR count). The normalized spacial score (nSPS) is 22.7. The van der Waals surface area contributed by atoms with Crippen LogP contribution in [0, 0.1) is 17.8 Å². The minimum Gasteiger partial charge on any atom is -0.494 e. The van der Waals surface area contributed by atoms with Gasteiger partial charge in [0.2, 0.25) is 0 Å². The zero-order valence-electron chi connectivity index (χ0n) is 23.2. The average molecular weight is 516 g/mol. The van der Waals surface area contributed by atoms with Crippen molar-refractivity contribution in [3.63, 3.8) is 0 Å². The molecule has 1 N–H and O–H groups in total. The van der Waals surface area contributed by atoms with Crippen LogP contribution in [0.1, 0.15) is 57.3 Å². The van der Waals surface area contributed by atoms with E-state index in [9.17, 15) is 4.79 Å². The van der Waals surface area contributed by atoms with E-state index < -0.39 is 5.60 Å². The maximum Gasteiger partial charge on any atom is 0.308 e. The van der Waals surface area contributed by atoms with E-state index in [0.717, 1.165) is 67.8 Å². The molecule has 0 amide bonds. The van der Waals surface area contributed by atoms with Crippen LogP contribution < -0.4 is 4.74 Å². The molecule has 6 heteroatoms. The van der Waals surface area contributed by atoms with Gasteiger partial charge in [-0.15, -0.1) is 0 Å². The molecular weight excluding hydrogens is 474 g/mol. The molecule has 0 spiro atoms. The Hall–Kier alpha value is -3.12. The van der Waals surface area contributed by atoms with Gasteiger partial charge < -0.3 is 19.4 Å². The van der Waals surface area contributed by atoms with Crippen molar-refractivity contribution in [2.45, 2.75) is 58.0 Å². The number of imidazole rings is 1. The number of H-pyrrole nitrogens is 1. The molecule has 6 nitrogen and oxygen atoms in total. The van der Waals surface area contributed by atoms with Crippen LogP contribution in [-0.4, -0.2) is 53.7 Å². The number of nitrogens with one attached hydrogen (secondary N) is 1. The fraction of sp³-hybridized carbons (Fsp3) is 0.500. The van der Waals surface area contributed by atoms with Gasteiger partial charge in [-0.1, -0.05) is 56.3 Å². The zero-order valence-corrected chi connectivity index (χ0v) is 23.2. The Morgan fingerprint density at radius 1 is 1.13 bits per heavy atom. The van der Waals surface area contributed by atoms with Crippen LogP contribution in [0.5, 0.6) is 5.75 Å². The number of allylic oxidation sites excluding steroid dienone is 1. The van der Waals surface area contributed by atoms with E-state index in [1.165, 1.54) is 17.6 Å². The molecule has 38 heavy (non-hydrogen) atoms. The number of nitrogens with zero attached hydrogens (tertiary/aromatic N) is 2. The van der Waals surface area contributed by atoms with Crippen molar-refractivity contribution in [2.75, 3.05) is 27.2 Å². The van der Waals surface area contributed by atoms with E-state index in [2.05, 4.69) is 53.3 Å². The van der Waals surface area contributed by atoms with E-state index in [4.69, 9.17) is 14.5 Å². The van der Waals surface area contributed by atoms with E-state index in [0.29, 0.717) is 5.92 Å². The van der Waals surface area contributed by atoms with Crippen molar-refractivity contribution >= 4 is 22.6 Å². The number of esters is 1. The Bertz CT molecular complexity index is 1280. The molecule has 0 radical (unpaired) electrons. The number of fused-ring (bicyclic) bond motifs is 3. The smallest absolute Gasteiger partial charge is 0.308 e. The van der Waals surface area contributed by atoms with Crippen molar-refractivity contribution in [2.24, 2.45) is 17.8 Å². The summed E-state index contributed by atoms with van der Waals surface area (Å²) >= 11 is 0. The number of aromatic amines is 1. The first-order valence-corrected chi connectivity index (χ1v) is 14.1. The molecule has 0 saturated heterocycles.